The van der Waals surface area contributed by atoms with Crippen LogP contribution in [0.15, 0.2) is 0 Å². The fourth-order valence-electron chi connectivity index (χ4n) is 0.493. The zero-order valence-electron chi connectivity index (χ0n) is 5.49. The smallest absolute Gasteiger partial charge is 0.0724 e. The first kappa shape index (κ1) is 7.39. The molecule has 0 rings (SSSR count). The maximum atomic E-state index is 3.50. The third-order valence-corrected chi connectivity index (χ3v) is 3.49. The van der Waals surface area contributed by atoms with Gasteiger partial charge in [-0.3, -0.25) is 0 Å². The summed E-state index contributed by atoms with van der Waals surface area (Å²) in [4.78, 5) is 3.50. The molecule has 1 atom stereocenters. The molecular formula is C4H15NSi2. The van der Waals surface area contributed by atoms with Gasteiger partial charge in [-0.05, 0) is 12.5 Å². The summed E-state index contributed by atoms with van der Waals surface area (Å²) >= 11 is 0. The van der Waals surface area contributed by atoms with E-state index in [-0.39, 0.29) is 9.20 Å². The molecule has 0 aromatic carbocycles. The van der Waals surface area contributed by atoms with Crippen LogP contribution in [-0.2, 0) is 0 Å². The van der Waals surface area contributed by atoms with Gasteiger partial charge in [-0.1, -0.05) is 13.8 Å². The standard InChI is InChI=1S/C4H15NSi2/c1-3-4(2)5-7-6/h4-5H,3,7H2,1-2,6H3. The Morgan fingerprint density at radius 2 is 2.43 bits per heavy atom. The van der Waals surface area contributed by atoms with Gasteiger partial charge in [0.05, 0.1) is 9.20 Å². The molecule has 0 fully saturated rings. The first-order chi connectivity index (χ1) is 3.31. The largest absolute Gasteiger partial charge is 0.343 e. The highest BCUT2D eigenvalue weighted by atomic mass is 29.1. The van der Waals surface area contributed by atoms with E-state index in [9.17, 15) is 0 Å². The molecule has 7 heavy (non-hydrogen) atoms. The topological polar surface area (TPSA) is 12.0 Å². The number of hydrogen-bond donors (Lipinski definition) is 1. The monoisotopic (exact) mass is 133 g/mol. The summed E-state index contributed by atoms with van der Waals surface area (Å²) in [6, 6.07) is 0.796. The molecular weight excluding hydrogens is 118 g/mol. The van der Waals surface area contributed by atoms with Crippen molar-refractivity contribution in [3.63, 3.8) is 0 Å². The van der Waals surface area contributed by atoms with Crippen molar-refractivity contribution in [3.05, 3.63) is 0 Å². The average molecular weight is 133 g/mol. The Labute approximate surface area is 51.0 Å². The third kappa shape index (κ3) is 4.24. The molecule has 44 valence electrons. The minimum absolute atomic E-state index is 0.244. The van der Waals surface area contributed by atoms with Gasteiger partial charge in [-0.25, -0.2) is 0 Å². The predicted octanol–water partition coefficient (Wildman–Crippen LogP) is -1.26. The Bertz CT molecular complexity index is 40.7. The van der Waals surface area contributed by atoms with Crippen LogP contribution in [0, 0.1) is 0 Å². The Morgan fingerprint density at radius 3 is 2.57 bits per heavy atom. The average Bonchev–Trinajstić information content (AvgIpc) is 1.68. The molecule has 0 saturated heterocycles. The van der Waals surface area contributed by atoms with Gasteiger partial charge in [0.1, 0.15) is 0 Å². The summed E-state index contributed by atoms with van der Waals surface area (Å²) in [7, 11) is 1.66. The second-order valence-electron chi connectivity index (χ2n) is 1.87. The van der Waals surface area contributed by atoms with Gasteiger partial charge in [0.15, 0.2) is 0 Å². The highest BCUT2D eigenvalue weighted by molar-refractivity contribution is 6.87. The first-order valence-corrected chi connectivity index (χ1v) is 9.41. The van der Waals surface area contributed by atoms with Crippen LogP contribution in [0.5, 0.6) is 0 Å². The van der Waals surface area contributed by atoms with Gasteiger partial charge in [0, 0.05) is 9.76 Å². The quantitative estimate of drug-likeness (QED) is 0.474. The summed E-state index contributed by atoms with van der Waals surface area (Å²) in [6.45, 7) is 4.48. The molecule has 3 heteroatoms. The van der Waals surface area contributed by atoms with E-state index in [0.717, 1.165) is 6.04 Å². The molecule has 0 bridgehead atoms. The summed E-state index contributed by atoms with van der Waals surface area (Å²) in [5, 5.41) is 0. The fraction of sp³-hybridized carbons (Fsp3) is 1.00. The molecule has 0 aliphatic rings. The highest BCUT2D eigenvalue weighted by Gasteiger charge is 1.90. The van der Waals surface area contributed by atoms with E-state index in [2.05, 4.69) is 18.8 Å². The van der Waals surface area contributed by atoms with Crippen molar-refractivity contribution < 1.29 is 0 Å². The minimum atomic E-state index is 0.244. The molecule has 0 amide bonds. The van der Waals surface area contributed by atoms with Crippen molar-refractivity contribution in [3.8, 4) is 0 Å². The van der Waals surface area contributed by atoms with Crippen molar-refractivity contribution in [1.29, 1.82) is 0 Å². The summed E-state index contributed by atoms with van der Waals surface area (Å²) in [5.41, 5.74) is 0. The van der Waals surface area contributed by atoms with Crippen LogP contribution in [-0.4, -0.2) is 25.0 Å². The lowest BCUT2D eigenvalue weighted by atomic mass is 10.3. The van der Waals surface area contributed by atoms with E-state index in [1.807, 2.05) is 0 Å². The molecule has 0 aromatic heterocycles. The molecule has 1 unspecified atom stereocenters. The molecule has 0 heterocycles. The zero-order valence-corrected chi connectivity index (χ0v) is 8.91. The van der Waals surface area contributed by atoms with Crippen LogP contribution >= 0.6 is 0 Å². The van der Waals surface area contributed by atoms with Crippen molar-refractivity contribution >= 4 is 19.0 Å². The molecule has 0 radical (unpaired) electrons. The zero-order chi connectivity index (χ0) is 5.70. The van der Waals surface area contributed by atoms with E-state index < -0.39 is 0 Å². The maximum Gasteiger partial charge on any atom is 0.0724 e. The lowest BCUT2D eigenvalue weighted by molar-refractivity contribution is 0.659. The molecule has 0 spiro atoms. The van der Waals surface area contributed by atoms with E-state index in [1.165, 1.54) is 16.2 Å². The van der Waals surface area contributed by atoms with Crippen LogP contribution in [0.1, 0.15) is 20.3 Å². The number of hydrogen-bond acceptors (Lipinski definition) is 1. The normalized spacial score (nSPS) is 16.3. The van der Waals surface area contributed by atoms with Gasteiger partial charge in [-0.15, -0.1) is 0 Å². The van der Waals surface area contributed by atoms with Crippen LogP contribution in [0.4, 0.5) is 0 Å². The number of rotatable bonds is 3. The number of nitrogens with one attached hydrogen (secondary N) is 1. The molecule has 1 nitrogen and oxygen atoms in total. The van der Waals surface area contributed by atoms with Gasteiger partial charge in [-0.2, -0.15) is 0 Å². The van der Waals surface area contributed by atoms with Gasteiger partial charge >= 0.3 is 0 Å². The molecule has 0 aliphatic carbocycles. The van der Waals surface area contributed by atoms with Crippen LogP contribution in [0.25, 0.3) is 0 Å². The van der Waals surface area contributed by atoms with Crippen molar-refractivity contribution in [2.24, 2.45) is 0 Å². The van der Waals surface area contributed by atoms with Crippen LogP contribution in [0.3, 0.4) is 0 Å². The molecule has 1 N–H and O–H groups in total. The Hall–Kier alpha value is 0.394. The second-order valence-corrected chi connectivity index (χ2v) is 5.10. The summed E-state index contributed by atoms with van der Waals surface area (Å²) in [6.07, 6.45) is 1.29. The highest BCUT2D eigenvalue weighted by Crippen LogP contribution is 1.83. The third-order valence-electron chi connectivity index (χ3n) is 1.16. The van der Waals surface area contributed by atoms with Gasteiger partial charge < -0.3 is 4.98 Å². The Morgan fingerprint density at radius 1 is 1.86 bits per heavy atom. The van der Waals surface area contributed by atoms with E-state index in [0.29, 0.717) is 0 Å². The SMILES string of the molecule is CCC(C)N[SiH2][SiH3]. The van der Waals surface area contributed by atoms with Crippen molar-refractivity contribution in [2.45, 2.75) is 26.3 Å². The molecule has 0 saturated carbocycles. The predicted molar refractivity (Wildman–Crippen MR) is 41.4 cm³/mol. The lowest BCUT2D eigenvalue weighted by Crippen LogP contribution is -2.28. The van der Waals surface area contributed by atoms with Crippen molar-refractivity contribution in [1.82, 2.24) is 4.98 Å². The van der Waals surface area contributed by atoms with E-state index in [4.69, 9.17) is 0 Å². The summed E-state index contributed by atoms with van der Waals surface area (Å²) < 4.78 is 0. The second kappa shape index (κ2) is 4.55. The first-order valence-electron chi connectivity index (χ1n) is 3.04. The Balaban J connectivity index is 2.83. The van der Waals surface area contributed by atoms with Gasteiger partial charge in [0.2, 0.25) is 0 Å². The van der Waals surface area contributed by atoms with Gasteiger partial charge in [0.25, 0.3) is 0 Å². The van der Waals surface area contributed by atoms with Crippen LogP contribution < -0.4 is 4.98 Å². The lowest BCUT2D eigenvalue weighted by Gasteiger charge is -2.06. The van der Waals surface area contributed by atoms with E-state index >= 15 is 0 Å². The Kier molecular flexibility index (Phi) is 4.81. The molecule has 0 aromatic rings. The van der Waals surface area contributed by atoms with Crippen molar-refractivity contribution in [2.75, 3.05) is 0 Å². The summed E-state index contributed by atoms with van der Waals surface area (Å²) in [5.74, 6) is 0. The van der Waals surface area contributed by atoms with E-state index in [1.54, 1.807) is 0 Å². The fourth-order valence-corrected chi connectivity index (χ4v) is 3.57. The maximum absolute atomic E-state index is 3.50. The minimum Gasteiger partial charge on any atom is -0.343 e. The van der Waals surface area contributed by atoms with Crippen LogP contribution in [0.2, 0.25) is 0 Å². The molecule has 0 aliphatic heterocycles.